The monoisotopic (exact) mass is 298 g/mol. The Labute approximate surface area is 126 Å². The number of carbonyl (C=O) groups excluding carboxylic acids is 1. The Morgan fingerprint density at radius 2 is 2.14 bits per heavy atom. The summed E-state index contributed by atoms with van der Waals surface area (Å²) >= 11 is 1.57. The SMILES string of the molecule is Cc1nc(CNC(=O)c2cc(-c3ccccc3)n[nH]2)cs1. The predicted molar refractivity (Wildman–Crippen MR) is 82.0 cm³/mol. The normalized spacial score (nSPS) is 10.5. The smallest absolute Gasteiger partial charge is 0.269 e. The minimum Gasteiger partial charge on any atom is -0.345 e. The number of hydrogen-bond acceptors (Lipinski definition) is 4. The van der Waals surface area contributed by atoms with Gasteiger partial charge in [-0.2, -0.15) is 5.10 Å². The molecule has 106 valence electrons. The van der Waals surface area contributed by atoms with Gasteiger partial charge in [0.25, 0.3) is 5.91 Å². The number of nitrogens with zero attached hydrogens (tertiary/aromatic N) is 2. The van der Waals surface area contributed by atoms with Gasteiger partial charge < -0.3 is 5.32 Å². The number of aromatic amines is 1. The van der Waals surface area contributed by atoms with Crippen molar-refractivity contribution in [3.8, 4) is 11.3 Å². The minimum atomic E-state index is -0.185. The first-order chi connectivity index (χ1) is 10.2. The first-order valence-electron chi connectivity index (χ1n) is 6.52. The number of aromatic nitrogens is 3. The molecule has 2 aromatic heterocycles. The molecule has 0 radical (unpaired) electrons. The van der Waals surface area contributed by atoms with Crippen molar-refractivity contribution < 1.29 is 4.79 Å². The van der Waals surface area contributed by atoms with Gasteiger partial charge in [-0.1, -0.05) is 30.3 Å². The van der Waals surface area contributed by atoms with Gasteiger partial charge >= 0.3 is 0 Å². The van der Waals surface area contributed by atoms with Crippen molar-refractivity contribution in [1.29, 1.82) is 0 Å². The second-order valence-electron chi connectivity index (χ2n) is 4.57. The van der Waals surface area contributed by atoms with Crippen LogP contribution < -0.4 is 5.32 Å². The molecule has 1 amide bonds. The molecule has 3 aromatic rings. The first kappa shape index (κ1) is 13.5. The molecule has 2 heterocycles. The van der Waals surface area contributed by atoms with Crippen molar-refractivity contribution in [2.45, 2.75) is 13.5 Å². The van der Waals surface area contributed by atoms with Gasteiger partial charge in [-0.3, -0.25) is 9.89 Å². The number of amides is 1. The maximum atomic E-state index is 12.1. The minimum absolute atomic E-state index is 0.185. The molecular weight excluding hydrogens is 284 g/mol. The molecular formula is C15H14N4OS. The number of nitrogens with one attached hydrogen (secondary N) is 2. The van der Waals surface area contributed by atoms with Crippen LogP contribution >= 0.6 is 11.3 Å². The van der Waals surface area contributed by atoms with Gasteiger partial charge in [0, 0.05) is 10.9 Å². The van der Waals surface area contributed by atoms with Crippen LogP contribution in [0.3, 0.4) is 0 Å². The van der Waals surface area contributed by atoms with E-state index in [2.05, 4.69) is 20.5 Å². The van der Waals surface area contributed by atoms with Gasteiger partial charge in [0.2, 0.25) is 0 Å². The van der Waals surface area contributed by atoms with E-state index in [0.29, 0.717) is 12.2 Å². The number of thiazole rings is 1. The fourth-order valence-corrected chi connectivity index (χ4v) is 2.56. The molecule has 0 aliphatic carbocycles. The van der Waals surface area contributed by atoms with Crippen LogP contribution in [0.1, 0.15) is 21.2 Å². The molecule has 0 bridgehead atoms. The Balaban J connectivity index is 1.67. The van der Waals surface area contributed by atoms with Gasteiger partial charge in [0.15, 0.2) is 0 Å². The summed E-state index contributed by atoms with van der Waals surface area (Å²) in [5.74, 6) is -0.185. The third kappa shape index (κ3) is 3.17. The summed E-state index contributed by atoms with van der Waals surface area (Å²) < 4.78 is 0. The first-order valence-corrected chi connectivity index (χ1v) is 7.40. The molecule has 3 rings (SSSR count). The average Bonchev–Trinajstić information content (AvgIpc) is 3.15. The summed E-state index contributed by atoms with van der Waals surface area (Å²) in [5, 5.41) is 12.7. The largest absolute Gasteiger partial charge is 0.345 e. The Hall–Kier alpha value is -2.47. The molecule has 0 unspecified atom stereocenters. The maximum absolute atomic E-state index is 12.1. The Kier molecular flexibility index (Phi) is 3.79. The van der Waals surface area contributed by atoms with Crippen molar-refractivity contribution >= 4 is 17.2 Å². The van der Waals surface area contributed by atoms with Crippen molar-refractivity contribution in [3.05, 3.63) is 58.2 Å². The lowest BCUT2D eigenvalue weighted by Gasteiger charge is -2.00. The number of hydrogen-bond donors (Lipinski definition) is 2. The lowest BCUT2D eigenvalue weighted by Crippen LogP contribution is -2.23. The fraction of sp³-hybridized carbons (Fsp3) is 0.133. The highest BCUT2D eigenvalue weighted by Gasteiger charge is 2.11. The van der Waals surface area contributed by atoms with E-state index in [1.165, 1.54) is 0 Å². The number of benzene rings is 1. The standard InChI is InChI=1S/C15H14N4OS/c1-10-17-12(9-21-10)8-16-15(20)14-7-13(18-19-14)11-5-3-2-4-6-11/h2-7,9H,8H2,1H3,(H,16,20)(H,18,19). The summed E-state index contributed by atoms with van der Waals surface area (Å²) in [6.45, 7) is 2.36. The van der Waals surface area contributed by atoms with Crippen LogP contribution in [0.25, 0.3) is 11.3 Å². The molecule has 5 nitrogen and oxygen atoms in total. The number of rotatable bonds is 4. The van der Waals surface area contributed by atoms with Crippen molar-refractivity contribution in [2.24, 2.45) is 0 Å². The van der Waals surface area contributed by atoms with Gasteiger partial charge in [-0.05, 0) is 13.0 Å². The molecule has 21 heavy (non-hydrogen) atoms. The fourth-order valence-electron chi connectivity index (χ4n) is 1.95. The second-order valence-corrected chi connectivity index (χ2v) is 5.64. The highest BCUT2D eigenvalue weighted by atomic mass is 32.1. The van der Waals surface area contributed by atoms with Crippen molar-refractivity contribution in [2.75, 3.05) is 0 Å². The van der Waals surface area contributed by atoms with Gasteiger partial charge in [0.05, 0.1) is 22.9 Å². The van der Waals surface area contributed by atoms with Crippen LogP contribution in [-0.2, 0) is 6.54 Å². The summed E-state index contributed by atoms with van der Waals surface area (Å²) in [5.41, 5.74) is 3.04. The highest BCUT2D eigenvalue weighted by molar-refractivity contribution is 7.09. The van der Waals surface area contributed by atoms with Gasteiger partial charge in [-0.25, -0.2) is 4.98 Å². The molecule has 2 N–H and O–H groups in total. The quantitative estimate of drug-likeness (QED) is 0.778. The van der Waals surface area contributed by atoms with E-state index in [-0.39, 0.29) is 5.91 Å². The molecule has 1 aromatic carbocycles. The van der Waals surface area contributed by atoms with E-state index in [0.717, 1.165) is 22.0 Å². The Morgan fingerprint density at radius 1 is 1.33 bits per heavy atom. The number of H-pyrrole nitrogens is 1. The zero-order valence-corrected chi connectivity index (χ0v) is 12.3. The number of carbonyl (C=O) groups is 1. The molecule has 0 saturated heterocycles. The average molecular weight is 298 g/mol. The third-order valence-electron chi connectivity index (χ3n) is 2.99. The molecule has 0 aliphatic rings. The van der Waals surface area contributed by atoms with E-state index < -0.39 is 0 Å². The molecule has 0 fully saturated rings. The predicted octanol–water partition coefficient (Wildman–Crippen LogP) is 2.77. The Morgan fingerprint density at radius 3 is 2.86 bits per heavy atom. The van der Waals surface area contributed by atoms with Crippen LogP contribution in [0, 0.1) is 6.92 Å². The maximum Gasteiger partial charge on any atom is 0.269 e. The molecule has 0 aliphatic heterocycles. The van der Waals surface area contributed by atoms with E-state index >= 15 is 0 Å². The summed E-state index contributed by atoms with van der Waals surface area (Å²) in [6, 6.07) is 11.5. The second kappa shape index (κ2) is 5.88. The molecule has 0 atom stereocenters. The van der Waals surface area contributed by atoms with E-state index in [1.54, 1.807) is 17.4 Å². The van der Waals surface area contributed by atoms with E-state index in [1.807, 2.05) is 42.6 Å². The van der Waals surface area contributed by atoms with Crippen LogP contribution in [0.15, 0.2) is 41.8 Å². The lowest BCUT2D eigenvalue weighted by atomic mass is 10.1. The highest BCUT2D eigenvalue weighted by Crippen LogP contribution is 2.16. The van der Waals surface area contributed by atoms with Gasteiger partial charge in [0.1, 0.15) is 5.69 Å². The van der Waals surface area contributed by atoms with Crippen molar-refractivity contribution in [1.82, 2.24) is 20.5 Å². The lowest BCUT2D eigenvalue weighted by molar-refractivity contribution is 0.0945. The Bertz CT molecular complexity index is 748. The zero-order valence-electron chi connectivity index (χ0n) is 11.5. The molecule has 6 heteroatoms. The zero-order chi connectivity index (χ0) is 14.7. The topological polar surface area (TPSA) is 70.7 Å². The molecule has 0 saturated carbocycles. The summed E-state index contributed by atoms with van der Waals surface area (Å²) in [4.78, 5) is 16.4. The molecule has 0 spiro atoms. The van der Waals surface area contributed by atoms with Gasteiger partial charge in [-0.15, -0.1) is 11.3 Å². The van der Waals surface area contributed by atoms with Crippen LogP contribution in [-0.4, -0.2) is 21.1 Å². The van der Waals surface area contributed by atoms with Crippen LogP contribution in [0.5, 0.6) is 0 Å². The van der Waals surface area contributed by atoms with Crippen LogP contribution in [0.2, 0.25) is 0 Å². The number of aryl methyl sites for hydroxylation is 1. The summed E-state index contributed by atoms with van der Waals surface area (Å²) in [7, 11) is 0. The van der Waals surface area contributed by atoms with E-state index in [9.17, 15) is 4.79 Å². The third-order valence-corrected chi connectivity index (χ3v) is 3.81. The van der Waals surface area contributed by atoms with Crippen LogP contribution in [0.4, 0.5) is 0 Å². The summed E-state index contributed by atoms with van der Waals surface area (Å²) in [6.07, 6.45) is 0. The van der Waals surface area contributed by atoms with Crippen molar-refractivity contribution in [3.63, 3.8) is 0 Å². The van der Waals surface area contributed by atoms with E-state index in [4.69, 9.17) is 0 Å².